The SMILES string of the molecule is CCNC(=NCc1ccc(OC)cc1OC)NCCNC(=O)C1CCCCC1. The van der Waals surface area contributed by atoms with Crippen LogP contribution >= 0.6 is 0 Å². The van der Waals surface area contributed by atoms with Crippen molar-refractivity contribution in [1.82, 2.24) is 16.0 Å². The summed E-state index contributed by atoms with van der Waals surface area (Å²) in [5.74, 6) is 2.60. The maximum atomic E-state index is 12.2. The molecule has 7 nitrogen and oxygen atoms in total. The fourth-order valence-corrected chi connectivity index (χ4v) is 3.36. The standard InChI is InChI=1S/C21H34N4O3/c1-4-22-21(24-13-12-23-20(26)16-8-6-5-7-9-16)25-15-17-10-11-18(27-2)14-19(17)28-3/h10-11,14,16H,4-9,12-13,15H2,1-3H3,(H,23,26)(H2,22,24,25). The van der Waals surface area contributed by atoms with Crippen molar-refractivity contribution in [1.29, 1.82) is 0 Å². The first kappa shape index (κ1) is 21.9. The Balaban J connectivity index is 1.82. The van der Waals surface area contributed by atoms with Crippen LogP contribution in [0.15, 0.2) is 23.2 Å². The Hall–Kier alpha value is -2.44. The summed E-state index contributed by atoms with van der Waals surface area (Å²) in [5, 5.41) is 9.53. The van der Waals surface area contributed by atoms with Crippen molar-refractivity contribution < 1.29 is 14.3 Å². The fraction of sp³-hybridized carbons (Fsp3) is 0.619. The molecule has 1 aliphatic rings. The van der Waals surface area contributed by atoms with Crippen molar-refractivity contribution in [2.24, 2.45) is 10.9 Å². The first-order valence-electron chi connectivity index (χ1n) is 10.2. The number of benzene rings is 1. The molecule has 1 fully saturated rings. The van der Waals surface area contributed by atoms with Gasteiger partial charge in [0.15, 0.2) is 5.96 Å². The highest BCUT2D eigenvalue weighted by Crippen LogP contribution is 2.25. The van der Waals surface area contributed by atoms with Crippen LogP contribution in [-0.4, -0.2) is 45.7 Å². The van der Waals surface area contributed by atoms with E-state index in [0.717, 1.165) is 36.4 Å². The van der Waals surface area contributed by atoms with Crippen molar-refractivity contribution in [2.75, 3.05) is 33.9 Å². The molecule has 1 aromatic carbocycles. The van der Waals surface area contributed by atoms with E-state index in [1.807, 2.05) is 25.1 Å². The largest absolute Gasteiger partial charge is 0.497 e. The van der Waals surface area contributed by atoms with Crippen LogP contribution < -0.4 is 25.4 Å². The molecule has 0 saturated heterocycles. The molecule has 0 radical (unpaired) electrons. The first-order valence-corrected chi connectivity index (χ1v) is 10.2. The van der Waals surface area contributed by atoms with Crippen molar-refractivity contribution >= 4 is 11.9 Å². The van der Waals surface area contributed by atoms with Crippen LogP contribution in [0.4, 0.5) is 0 Å². The molecular formula is C21H34N4O3. The van der Waals surface area contributed by atoms with Crippen LogP contribution in [0, 0.1) is 5.92 Å². The second-order valence-corrected chi connectivity index (χ2v) is 6.93. The molecule has 2 rings (SSSR count). The van der Waals surface area contributed by atoms with E-state index in [4.69, 9.17) is 9.47 Å². The maximum Gasteiger partial charge on any atom is 0.223 e. The quantitative estimate of drug-likeness (QED) is 0.343. The molecule has 156 valence electrons. The summed E-state index contributed by atoms with van der Waals surface area (Å²) in [6, 6.07) is 5.70. The number of hydrogen-bond acceptors (Lipinski definition) is 4. The van der Waals surface area contributed by atoms with E-state index in [1.165, 1.54) is 19.3 Å². The number of rotatable bonds is 9. The highest BCUT2D eigenvalue weighted by molar-refractivity contribution is 5.80. The molecule has 7 heteroatoms. The topological polar surface area (TPSA) is 84.0 Å². The third kappa shape index (κ3) is 6.94. The number of carbonyl (C=O) groups excluding carboxylic acids is 1. The fourth-order valence-electron chi connectivity index (χ4n) is 3.36. The number of guanidine groups is 1. The average Bonchev–Trinajstić information content (AvgIpc) is 2.75. The number of hydrogen-bond donors (Lipinski definition) is 3. The minimum Gasteiger partial charge on any atom is -0.497 e. The van der Waals surface area contributed by atoms with Gasteiger partial charge in [0.1, 0.15) is 11.5 Å². The van der Waals surface area contributed by atoms with Crippen molar-refractivity contribution in [3.05, 3.63) is 23.8 Å². The van der Waals surface area contributed by atoms with Gasteiger partial charge >= 0.3 is 0 Å². The van der Waals surface area contributed by atoms with E-state index >= 15 is 0 Å². The Kier molecular flexibility index (Phi) is 9.45. The van der Waals surface area contributed by atoms with Gasteiger partial charge in [-0.05, 0) is 31.9 Å². The molecule has 0 unspecified atom stereocenters. The zero-order chi connectivity index (χ0) is 20.2. The molecular weight excluding hydrogens is 356 g/mol. The molecule has 1 saturated carbocycles. The van der Waals surface area contributed by atoms with Gasteiger partial charge in [0.2, 0.25) is 5.91 Å². The van der Waals surface area contributed by atoms with Crippen LogP contribution in [0.3, 0.4) is 0 Å². The summed E-state index contributed by atoms with van der Waals surface area (Å²) in [4.78, 5) is 16.8. The van der Waals surface area contributed by atoms with Crippen LogP contribution in [0.25, 0.3) is 0 Å². The Morgan fingerprint density at radius 2 is 1.82 bits per heavy atom. The Morgan fingerprint density at radius 1 is 1.07 bits per heavy atom. The predicted octanol–water partition coefficient (Wildman–Crippen LogP) is 2.46. The van der Waals surface area contributed by atoms with Gasteiger partial charge in [-0.15, -0.1) is 0 Å². The zero-order valence-corrected chi connectivity index (χ0v) is 17.3. The van der Waals surface area contributed by atoms with Crippen LogP contribution in [0.5, 0.6) is 11.5 Å². The molecule has 3 N–H and O–H groups in total. The summed E-state index contributed by atoms with van der Waals surface area (Å²) in [6.07, 6.45) is 5.64. The summed E-state index contributed by atoms with van der Waals surface area (Å²) in [5.41, 5.74) is 0.978. The van der Waals surface area contributed by atoms with Gasteiger partial charge in [0, 0.05) is 37.2 Å². The van der Waals surface area contributed by atoms with E-state index in [9.17, 15) is 4.79 Å². The summed E-state index contributed by atoms with van der Waals surface area (Å²) in [6.45, 7) is 4.49. The lowest BCUT2D eigenvalue weighted by atomic mass is 9.89. The van der Waals surface area contributed by atoms with Gasteiger partial charge < -0.3 is 25.4 Å². The number of methoxy groups -OCH3 is 2. The lowest BCUT2D eigenvalue weighted by Gasteiger charge is -2.21. The molecule has 0 atom stereocenters. The third-order valence-electron chi connectivity index (χ3n) is 4.94. The Labute approximate surface area is 168 Å². The lowest BCUT2D eigenvalue weighted by Crippen LogP contribution is -2.42. The van der Waals surface area contributed by atoms with Gasteiger partial charge in [0.05, 0.1) is 20.8 Å². The molecule has 0 bridgehead atoms. The van der Waals surface area contributed by atoms with Crippen LogP contribution in [0.1, 0.15) is 44.6 Å². The number of nitrogens with one attached hydrogen (secondary N) is 3. The van der Waals surface area contributed by atoms with Gasteiger partial charge in [-0.2, -0.15) is 0 Å². The lowest BCUT2D eigenvalue weighted by molar-refractivity contribution is -0.125. The number of ether oxygens (including phenoxy) is 2. The molecule has 1 amide bonds. The molecule has 0 heterocycles. The molecule has 1 aromatic rings. The van der Waals surface area contributed by atoms with E-state index in [0.29, 0.717) is 25.6 Å². The van der Waals surface area contributed by atoms with Crippen molar-refractivity contribution in [3.63, 3.8) is 0 Å². The molecule has 1 aliphatic carbocycles. The van der Waals surface area contributed by atoms with Crippen molar-refractivity contribution in [3.8, 4) is 11.5 Å². The maximum absolute atomic E-state index is 12.2. The number of aliphatic imine (C=N–C) groups is 1. The second-order valence-electron chi connectivity index (χ2n) is 6.93. The monoisotopic (exact) mass is 390 g/mol. The molecule has 0 spiro atoms. The smallest absolute Gasteiger partial charge is 0.223 e. The predicted molar refractivity (Wildman–Crippen MR) is 112 cm³/mol. The van der Waals surface area contributed by atoms with E-state index < -0.39 is 0 Å². The van der Waals surface area contributed by atoms with Gasteiger partial charge in [0.25, 0.3) is 0 Å². The molecule has 28 heavy (non-hydrogen) atoms. The minimum absolute atomic E-state index is 0.186. The van der Waals surface area contributed by atoms with E-state index in [2.05, 4.69) is 20.9 Å². The normalized spacial score (nSPS) is 15.0. The number of amides is 1. The highest BCUT2D eigenvalue weighted by Gasteiger charge is 2.20. The van der Waals surface area contributed by atoms with Crippen LogP contribution in [-0.2, 0) is 11.3 Å². The van der Waals surface area contributed by atoms with E-state index in [1.54, 1.807) is 14.2 Å². The minimum atomic E-state index is 0.186. The second kappa shape index (κ2) is 12.1. The summed E-state index contributed by atoms with van der Waals surface area (Å²) < 4.78 is 10.7. The first-order chi connectivity index (χ1) is 13.7. The van der Waals surface area contributed by atoms with Crippen LogP contribution in [0.2, 0.25) is 0 Å². The Morgan fingerprint density at radius 3 is 2.50 bits per heavy atom. The molecule has 0 aromatic heterocycles. The van der Waals surface area contributed by atoms with Gasteiger partial charge in [-0.1, -0.05) is 19.3 Å². The molecule has 0 aliphatic heterocycles. The average molecular weight is 391 g/mol. The number of carbonyl (C=O) groups is 1. The summed E-state index contributed by atoms with van der Waals surface area (Å²) in [7, 11) is 3.27. The highest BCUT2D eigenvalue weighted by atomic mass is 16.5. The summed E-state index contributed by atoms with van der Waals surface area (Å²) >= 11 is 0. The van der Waals surface area contributed by atoms with Crippen molar-refractivity contribution in [2.45, 2.75) is 45.6 Å². The number of nitrogens with zero attached hydrogens (tertiary/aromatic N) is 1. The van der Waals surface area contributed by atoms with Gasteiger partial charge in [-0.25, -0.2) is 4.99 Å². The third-order valence-corrected chi connectivity index (χ3v) is 4.94. The zero-order valence-electron chi connectivity index (χ0n) is 17.3. The van der Waals surface area contributed by atoms with E-state index in [-0.39, 0.29) is 11.8 Å². The Bertz CT molecular complexity index is 643. The van der Waals surface area contributed by atoms with Gasteiger partial charge in [-0.3, -0.25) is 4.79 Å².